The summed E-state index contributed by atoms with van der Waals surface area (Å²) in [5.41, 5.74) is 3.78. The predicted molar refractivity (Wildman–Crippen MR) is 143 cm³/mol. The molecule has 7 nitrogen and oxygen atoms in total. The molecule has 0 radical (unpaired) electrons. The molecule has 37 heavy (non-hydrogen) atoms. The van der Waals surface area contributed by atoms with Gasteiger partial charge in [0.15, 0.2) is 5.82 Å². The van der Waals surface area contributed by atoms with Crippen molar-refractivity contribution in [1.29, 1.82) is 0 Å². The summed E-state index contributed by atoms with van der Waals surface area (Å²) in [7, 11) is 0. The molecule has 2 heterocycles. The molecule has 0 bridgehead atoms. The number of aromatic nitrogens is 5. The lowest BCUT2D eigenvalue weighted by Gasteiger charge is -2.39. The highest BCUT2D eigenvalue weighted by Gasteiger charge is 2.32. The maximum Gasteiger partial charge on any atom is 0.252 e. The Morgan fingerprint density at radius 1 is 1.05 bits per heavy atom. The molecule has 1 saturated carbocycles. The highest BCUT2D eigenvalue weighted by molar-refractivity contribution is 5.79. The van der Waals surface area contributed by atoms with E-state index in [9.17, 15) is 9.18 Å². The van der Waals surface area contributed by atoms with Gasteiger partial charge in [0, 0.05) is 23.7 Å². The van der Waals surface area contributed by atoms with Gasteiger partial charge in [-0.25, -0.2) is 9.07 Å². The van der Waals surface area contributed by atoms with Crippen LogP contribution in [0.1, 0.15) is 80.9 Å². The molecule has 1 aliphatic carbocycles. The third-order valence-corrected chi connectivity index (χ3v) is 7.68. The highest BCUT2D eigenvalue weighted by atomic mass is 19.1. The number of tetrazole rings is 1. The van der Waals surface area contributed by atoms with Crippen LogP contribution in [0.25, 0.3) is 10.9 Å². The van der Waals surface area contributed by atoms with Crippen LogP contribution in [-0.4, -0.2) is 36.1 Å². The van der Waals surface area contributed by atoms with Gasteiger partial charge in [-0.05, 0) is 83.0 Å². The van der Waals surface area contributed by atoms with E-state index in [2.05, 4.69) is 57.5 Å². The van der Waals surface area contributed by atoms with E-state index in [1.54, 1.807) is 12.1 Å². The van der Waals surface area contributed by atoms with E-state index in [0.717, 1.165) is 53.5 Å². The Kier molecular flexibility index (Phi) is 7.74. The Balaban J connectivity index is 1.50. The van der Waals surface area contributed by atoms with Crippen molar-refractivity contribution in [3.05, 3.63) is 87.2 Å². The van der Waals surface area contributed by atoms with Gasteiger partial charge in [0.2, 0.25) is 0 Å². The first-order chi connectivity index (χ1) is 18.1. The zero-order valence-corrected chi connectivity index (χ0v) is 21.7. The van der Waals surface area contributed by atoms with Crippen LogP contribution < -0.4 is 5.56 Å². The Morgan fingerprint density at radius 3 is 2.54 bits per heavy atom. The Hall–Kier alpha value is -3.39. The standard InChI is InChI=1S/C29H35FN6O/c1-3-20-12-15-26-22(16-20)17-23(29(37)31-26)19-35(25-8-6-5-7-9-25)27(4-2)28-32-33-34-36(28)18-21-10-13-24(30)14-11-21/h10-17,25,27H,3-9,18-19H2,1-2H3,(H,31,37). The smallest absolute Gasteiger partial charge is 0.252 e. The van der Waals surface area contributed by atoms with Crippen LogP contribution in [0, 0.1) is 5.82 Å². The van der Waals surface area contributed by atoms with E-state index in [1.165, 1.54) is 37.0 Å². The van der Waals surface area contributed by atoms with E-state index < -0.39 is 0 Å². The average Bonchev–Trinajstić information content (AvgIpc) is 3.38. The summed E-state index contributed by atoms with van der Waals surface area (Å²) in [6.45, 7) is 5.29. The van der Waals surface area contributed by atoms with Crippen LogP contribution in [0.5, 0.6) is 0 Å². The Morgan fingerprint density at radius 2 is 1.81 bits per heavy atom. The summed E-state index contributed by atoms with van der Waals surface area (Å²) < 4.78 is 15.3. The summed E-state index contributed by atoms with van der Waals surface area (Å²) in [4.78, 5) is 18.7. The zero-order chi connectivity index (χ0) is 25.8. The summed E-state index contributed by atoms with van der Waals surface area (Å²) in [5, 5.41) is 13.8. The first-order valence-electron chi connectivity index (χ1n) is 13.5. The molecule has 1 fully saturated rings. The minimum Gasteiger partial charge on any atom is -0.322 e. The first-order valence-corrected chi connectivity index (χ1v) is 13.5. The zero-order valence-electron chi connectivity index (χ0n) is 21.7. The molecule has 0 spiro atoms. The quantitative estimate of drug-likeness (QED) is 0.325. The summed E-state index contributed by atoms with van der Waals surface area (Å²) in [5.74, 6) is 0.519. The highest BCUT2D eigenvalue weighted by Crippen LogP contribution is 2.33. The maximum absolute atomic E-state index is 13.4. The molecule has 0 amide bonds. The minimum absolute atomic E-state index is 0.0432. The SMILES string of the molecule is CCc1ccc2[nH]c(=O)c(CN(C3CCCCC3)C(CC)c3nnnn3Cc3ccc(F)cc3)cc2c1. The largest absolute Gasteiger partial charge is 0.322 e. The number of hydrogen-bond acceptors (Lipinski definition) is 5. The van der Waals surface area contributed by atoms with Crippen LogP contribution in [0.3, 0.4) is 0 Å². The van der Waals surface area contributed by atoms with E-state index in [1.807, 2.05) is 10.7 Å². The number of nitrogens with zero attached hydrogens (tertiary/aromatic N) is 5. The topological polar surface area (TPSA) is 79.7 Å². The van der Waals surface area contributed by atoms with E-state index in [4.69, 9.17) is 0 Å². The normalized spacial score (nSPS) is 15.5. The lowest BCUT2D eigenvalue weighted by Crippen LogP contribution is -2.41. The van der Waals surface area contributed by atoms with Crippen molar-refractivity contribution in [2.75, 3.05) is 0 Å². The second-order valence-corrected chi connectivity index (χ2v) is 10.1. The fourth-order valence-electron chi connectivity index (χ4n) is 5.63. The molecule has 2 aromatic heterocycles. The van der Waals surface area contributed by atoms with Crippen molar-refractivity contribution in [3.63, 3.8) is 0 Å². The first kappa shape index (κ1) is 25.3. The van der Waals surface area contributed by atoms with E-state index in [-0.39, 0.29) is 17.4 Å². The lowest BCUT2D eigenvalue weighted by molar-refractivity contribution is 0.0844. The molecule has 1 N–H and O–H groups in total. The number of pyridine rings is 1. The van der Waals surface area contributed by atoms with Crippen LogP contribution in [0.2, 0.25) is 0 Å². The Bertz CT molecular complexity index is 1390. The van der Waals surface area contributed by atoms with Crippen molar-refractivity contribution in [3.8, 4) is 0 Å². The third-order valence-electron chi connectivity index (χ3n) is 7.68. The number of rotatable bonds is 9. The number of halogens is 1. The molecule has 0 aliphatic heterocycles. The fraction of sp³-hybridized carbons (Fsp3) is 0.448. The van der Waals surface area contributed by atoms with Gasteiger partial charge < -0.3 is 4.98 Å². The van der Waals surface area contributed by atoms with Gasteiger partial charge in [-0.3, -0.25) is 9.69 Å². The molecule has 8 heteroatoms. The number of fused-ring (bicyclic) bond motifs is 1. The fourth-order valence-corrected chi connectivity index (χ4v) is 5.63. The van der Waals surface area contributed by atoms with Crippen LogP contribution in [0.4, 0.5) is 4.39 Å². The van der Waals surface area contributed by atoms with Crippen molar-refractivity contribution in [2.45, 2.75) is 84.0 Å². The molecular formula is C29H35FN6O. The van der Waals surface area contributed by atoms with Gasteiger partial charge in [-0.15, -0.1) is 5.10 Å². The third kappa shape index (κ3) is 5.64. The van der Waals surface area contributed by atoms with E-state index >= 15 is 0 Å². The number of hydrogen-bond donors (Lipinski definition) is 1. The number of aryl methyl sites for hydroxylation is 1. The molecule has 1 unspecified atom stereocenters. The maximum atomic E-state index is 13.4. The monoisotopic (exact) mass is 502 g/mol. The van der Waals surface area contributed by atoms with Crippen molar-refractivity contribution in [1.82, 2.24) is 30.1 Å². The van der Waals surface area contributed by atoms with Crippen molar-refractivity contribution in [2.24, 2.45) is 0 Å². The minimum atomic E-state index is -0.262. The van der Waals surface area contributed by atoms with Gasteiger partial charge in [0.05, 0.1) is 12.6 Å². The van der Waals surface area contributed by atoms with Crippen LogP contribution in [-0.2, 0) is 19.5 Å². The number of H-pyrrole nitrogens is 1. The second-order valence-electron chi connectivity index (χ2n) is 10.1. The van der Waals surface area contributed by atoms with Crippen LogP contribution >= 0.6 is 0 Å². The van der Waals surface area contributed by atoms with Crippen LogP contribution in [0.15, 0.2) is 53.3 Å². The van der Waals surface area contributed by atoms with Gasteiger partial charge >= 0.3 is 0 Å². The molecular weight excluding hydrogens is 467 g/mol. The van der Waals surface area contributed by atoms with Gasteiger partial charge in [-0.2, -0.15) is 0 Å². The molecule has 1 atom stereocenters. The second kappa shape index (κ2) is 11.3. The summed E-state index contributed by atoms with van der Waals surface area (Å²) in [6.07, 6.45) is 7.58. The molecule has 1 aliphatic rings. The summed E-state index contributed by atoms with van der Waals surface area (Å²) >= 11 is 0. The predicted octanol–water partition coefficient (Wildman–Crippen LogP) is 5.55. The number of aromatic amines is 1. The molecule has 0 saturated heterocycles. The summed E-state index contributed by atoms with van der Waals surface area (Å²) in [6, 6.07) is 15.0. The number of benzene rings is 2. The molecule has 4 aromatic rings. The molecule has 2 aromatic carbocycles. The molecule has 194 valence electrons. The van der Waals surface area contributed by atoms with Gasteiger partial charge in [-0.1, -0.05) is 51.3 Å². The van der Waals surface area contributed by atoms with Gasteiger partial charge in [0.1, 0.15) is 5.82 Å². The van der Waals surface area contributed by atoms with Gasteiger partial charge in [0.25, 0.3) is 5.56 Å². The van der Waals surface area contributed by atoms with E-state index in [0.29, 0.717) is 19.1 Å². The molecule has 5 rings (SSSR count). The lowest BCUT2D eigenvalue weighted by atomic mass is 9.92. The van der Waals surface area contributed by atoms with Crippen molar-refractivity contribution >= 4 is 10.9 Å². The Labute approximate surface area is 216 Å². The number of nitrogens with one attached hydrogen (secondary N) is 1. The average molecular weight is 503 g/mol. The van der Waals surface area contributed by atoms with Crippen molar-refractivity contribution < 1.29 is 4.39 Å².